The van der Waals surface area contributed by atoms with Gasteiger partial charge in [0, 0.05) is 16.9 Å². The van der Waals surface area contributed by atoms with Gasteiger partial charge < -0.3 is 4.90 Å². The lowest BCUT2D eigenvalue weighted by Crippen LogP contribution is -2.28. The number of fused-ring (bicyclic) bond motifs is 10. The number of benzene rings is 14. The molecule has 1 nitrogen and oxygen atoms in total. The van der Waals surface area contributed by atoms with Gasteiger partial charge in [0.15, 0.2) is 0 Å². The van der Waals surface area contributed by atoms with Crippen LogP contribution in [0.3, 0.4) is 0 Å². The van der Waals surface area contributed by atoms with E-state index in [1.54, 1.807) is 0 Å². The molecular formula is C77H51N. The summed E-state index contributed by atoms with van der Waals surface area (Å²) in [4.78, 5) is 2.43. The molecule has 1 aliphatic rings. The Morgan fingerprint density at radius 1 is 0.218 bits per heavy atom. The van der Waals surface area contributed by atoms with Gasteiger partial charge in [-0.1, -0.05) is 261 Å². The Bertz CT molecular complexity index is 4510. The summed E-state index contributed by atoms with van der Waals surface area (Å²) in [6.07, 6.45) is 0. The second-order valence-electron chi connectivity index (χ2n) is 20.7. The fraction of sp³-hybridized carbons (Fsp3) is 0.0130. The first-order valence-corrected chi connectivity index (χ1v) is 27.1. The Morgan fingerprint density at radius 3 is 1.31 bits per heavy atom. The predicted octanol–water partition coefficient (Wildman–Crippen LogP) is 20.8. The van der Waals surface area contributed by atoms with Crippen LogP contribution in [-0.4, -0.2) is 0 Å². The molecule has 1 heteroatoms. The molecule has 0 heterocycles. The monoisotopic (exact) mass is 989 g/mol. The average molecular weight is 990 g/mol. The van der Waals surface area contributed by atoms with E-state index in [-0.39, 0.29) is 0 Å². The minimum atomic E-state index is -0.475. The summed E-state index contributed by atoms with van der Waals surface area (Å²) in [7, 11) is 0. The van der Waals surface area contributed by atoms with Crippen LogP contribution < -0.4 is 4.90 Å². The summed E-state index contributed by atoms with van der Waals surface area (Å²) in [6.45, 7) is 0. The van der Waals surface area contributed by atoms with Crippen LogP contribution in [0.4, 0.5) is 17.1 Å². The zero-order valence-electron chi connectivity index (χ0n) is 42.9. The number of hydrogen-bond acceptors (Lipinski definition) is 1. The highest BCUT2D eigenvalue weighted by atomic mass is 15.1. The average Bonchev–Trinajstić information content (AvgIpc) is 3.94. The fourth-order valence-corrected chi connectivity index (χ4v) is 13.0. The van der Waals surface area contributed by atoms with Crippen LogP contribution in [-0.2, 0) is 5.41 Å². The highest BCUT2D eigenvalue weighted by Crippen LogP contribution is 2.57. The number of para-hydroxylation sites is 1. The molecule has 0 N–H and O–H groups in total. The predicted molar refractivity (Wildman–Crippen MR) is 330 cm³/mol. The van der Waals surface area contributed by atoms with Gasteiger partial charge >= 0.3 is 0 Å². The van der Waals surface area contributed by atoms with Gasteiger partial charge in [0.25, 0.3) is 0 Å². The van der Waals surface area contributed by atoms with Gasteiger partial charge in [0.2, 0.25) is 0 Å². The maximum Gasteiger partial charge on any atom is 0.0713 e. The van der Waals surface area contributed by atoms with Gasteiger partial charge in [-0.3, -0.25) is 0 Å². The van der Waals surface area contributed by atoms with Crippen molar-refractivity contribution in [1.29, 1.82) is 0 Å². The molecule has 14 aromatic carbocycles. The lowest BCUT2D eigenvalue weighted by molar-refractivity contribution is 0.769. The minimum Gasteiger partial charge on any atom is -0.310 e. The van der Waals surface area contributed by atoms with E-state index in [1.165, 1.54) is 104 Å². The molecule has 0 fully saturated rings. The second-order valence-corrected chi connectivity index (χ2v) is 20.7. The molecule has 1 aliphatic carbocycles. The molecule has 364 valence electrons. The zero-order chi connectivity index (χ0) is 51.6. The number of nitrogens with zero attached hydrogens (tertiary/aromatic N) is 1. The molecule has 0 spiro atoms. The van der Waals surface area contributed by atoms with Crippen molar-refractivity contribution < 1.29 is 0 Å². The highest BCUT2D eigenvalue weighted by Gasteiger charge is 2.46. The molecule has 0 saturated heterocycles. The molecule has 0 bridgehead atoms. The largest absolute Gasteiger partial charge is 0.310 e. The second kappa shape index (κ2) is 18.6. The SMILES string of the molecule is c1ccc(C2(c3ccccc3)c3ccccc3-c3ccc(-c4ccc(N(c5ccc(-c6ccc7c8ccccc8c8ccccc8c7c6)cc5)c5ccccc5-c5cccc(-c6cccc7ccccc67)c5)cc4)cc32)cc1. The van der Waals surface area contributed by atoms with Crippen LogP contribution in [0.5, 0.6) is 0 Å². The summed E-state index contributed by atoms with van der Waals surface area (Å²) in [5, 5.41) is 10.2. The summed E-state index contributed by atoms with van der Waals surface area (Å²) in [5.74, 6) is 0. The molecule has 0 aromatic heterocycles. The summed E-state index contributed by atoms with van der Waals surface area (Å²) < 4.78 is 0. The highest BCUT2D eigenvalue weighted by molar-refractivity contribution is 6.25. The van der Waals surface area contributed by atoms with Crippen LogP contribution in [0.25, 0.3) is 98.7 Å². The van der Waals surface area contributed by atoms with Gasteiger partial charge in [-0.15, -0.1) is 0 Å². The van der Waals surface area contributed by atoms with Crippen LogP contribution in [0.1, 0.15) is 22.3 Å². The first-order chi connectivity index (χ1) is 38.7. The van der Waals surface area contributed by atoms with E-state index in [4.69, 9.17) is 0 Å². The molecule has 0 aliphatic heterocycles. The number of anilines is 3. The molecule has 78 heavy (non-hydrogen) atoms. The van der Waals surface area contributed by atoms with Crippen molar-refractivity contribution in [3.63, 3.8) is 0 Å². The Hall–Kier alpha value is -10.1. The first-order valence-electron chi connectivity index (χ1n) is 27.1. The third-order valence-corrected chi connectivity index (χ3v) is 16.5. The molecule has 0 atom stereocenters. The van der Waals surface area contributed by atoms with Gasteiger partial charge in [0.05, 0.1) is 11.1 Å². The van der Waals surface area contributed by atoms with E-state index in [9.17, 15) is 0 Å². The van der Waals surface area contributed by atoms with Crippen molar-refractivity contribution in [2.75, 3.05) is 4.90 Å². The standard InChI is InChI=1S/C77H51N/c1-3-23-59(24-4-1)77(60-25-5-2-6-26-60)74-35-15-13-33-71(74)72-48-42-56(51-75(72)77)53-39-45-62(46-40-53)78(76-36-16-14-28-65(76)58-22-17-21-57(49-58)64-34-18-20-54-19-7-8-27-63(54)64)61-43-37-52(38-44-61)55-41-47-70-68-31-10-9-29-66(68)67-30-11-12-32-69(67)73(70)50-55/h1-51H. The van der Waals surface area contributed by atoms with Gasteiger partial charge in [0.1, 0.15) is 0 Å². The van der Waals surface area contributed by atoms with Crippen LogP contribution in [0.2, 0.25) is 0 Å². The maximum atomic E-state index is 2.46. The topological polar surface area (TPSA) is 3.24 Å². The minimum absolute atomic E-state index is 0.475. The molecule has 15 rings (SSSR count). The van der Waals surface area contributed by atoms with Gasteiger partial charge in [-0.2, -0.15) is 0 Å². The van der Waals surface area contributed by atoms with Crippen molar-refractivity contribution >= 4 is 60.2 Å². The lowest BCUT2D eigenvalue weighted by atomic mass is 9.67. The zero-order valence-corrected chi connectivity index (χ0v) is 42.9. The Balaban J connectivity index is 0.862. The fourth-order valence-electron chi connectivity index (χ4n) is 13.0. The Labute approximate surface area is 455 Å². The number of hydrogen-bond donors (Lipinski definition) is 0. The van der Waals surface area contributed by atoms with Crippen molar-refractivity contribution in [3.05, 3.63) is 332 Å². The Kier molecular flexibility index (Phi) is 10.8. The van der Waals surface area contributed by atoms with Crippen LogP contribution in [0.15, 0.2) is 309 Å². The summed E-state index contributed by atoms with van der Waals surface area (Å²) in [6, 6.07) is 114. The molecule has 0 amide bonds. The van der Waals surface area contributed by atoms with Crippen molar-refractivity contribution in [3.8, 4) is 55.6 Å². The van der Waals surface area contributed by atoms with E-state index >= 15 is 0 Å². The van der Waals surface area contributed by atoms with E-state index < -0.39 is 5.41 Å². The van der Waals surface area contributed by atoms with Gasteiger partial charge in [-0.25, -0.2) is 0 Å². The maximum absolute atomic E-state index is 2.46. The van der Waals surface area contributed by atoms with Crippen LogP contribution in [0, 0.1) is 0 Å². The van der Waals surface area contributed by atoms with Crippen LogP contribution >= 0.6 is 0 Å². The van der Waals surface area contributed by atoms with E-state index in [1.807, 2.05) is 0 Å². The van der Waals surface area contributed by atoms with Crippen molar-refractivity contribution in [2.24, 2.45) is 0 Å². The van der Waals surface area contributed by atoms with Crippen molar-refractivity contribution in [2.45, 2.75) is 5.41 Å². The smallest absolute Gasteiger partial charge is 0.0713 e. The van der Waals surface area contributed by atoms with E-state index in [0.29, 0.717) is 0 Å². The third-order valence-electron chi connectivity index (χ3n) is 16.5. The molecular weight excluding hydrogens is 939 g/mol. The molecule has 0 saturated carbocycles. The van der Waals surface area contributed by atoms with E-state index in [0.717, 1.165) is 33.8 Å². The first kappa shape index (κ1) is 45.3. The lowest BCUT2D eigenvalue weighted by Gasteiger charge is -2.34. The van der Waals surface area contributed by atoms with Gasteiger partial charge in [-0.05, 0) is 164 Å². The molecule has 14 aromatic rings. The molecule has 0 radical (unpaired) electrons. The quantitative estimate of drug-likeness (QED) is 0.130. The third kappa shape index (κ3) is 7.31. The molecule has 0 unspecified atom stereocenters. The van der Waals surface area contributed by atoms with E-state index in [2.05, 4.69) is 314 Å². The summed E-state index contributed by atoms with van der Waals surface area (Å²) in [5.41, 5.74) is 19.9. The summed E-state index contributed by atoms with van der Waals surface area (Å²) >= 11 is 0. The number of rotatable bonds is 9. The van der Waals surface area contributed by atoms with Crippen molar-refractivity contribution in [1.82, 2.24) is 0 Å². The normalized spacial score (nSPS) is 12.5. The Morgan fingerprint density at radius 2 is 0.654 bits per heavy atom.